The number of aliphatic carboxylic acids is 1. The van der Waals surface area contributed by atoms with Gasteiger partial charge in [0.1, 0.15) is 5.75 Å². The van der Waals surface area contributed by atoms with Crippen molar-refractivity contribution < 1.29 is 14.6 Å². The number of carbonyl (C=O) groups is 1. The Morgan fingerprint density at radius 2 is 2.21 bits per heavy atom. The highest BCUT2D eigenvalue weighted by molar-refractivity contribution is 5.66. The van der Waals surface area contributed by atoms with Gasteiger partial charge in [0, 0.05) is 13.1 Å². The summed E-state index contributed by atoms with van der Waals surface area (Å²) < 4.78 is 5.67. The average molecular weight is 265 g/mol. The highest BCUT2D eigenvalue weighted by atomic mass is 16.5. The van der Waals surface area contributed by atoms with E-state index in [1.54, 1.807) is 0 Å². The monoisotopic (exact) mass is 265 g/mol. The molecular weight excluding hydrogens is 242 g/mol. The number of rotatable bonds is 10. The zero-order valence-electron chi connectivity index (χ0n) is 11.5. The molecule has 4 nitrogen and oxygen atoms in total. The van der Waals surface area contributed by atoms with E-state index in [0.717, 1.165) is 24.3 Å². The molecule has 2 N–H and O–H groups in total. The summed E-state index contributed by atoms with van der Waals surface area (Å²) >= 11 is 0. The second kappa shape index (κ2) is 9.39. The van der Waals surface area contributed by atoms with E-state index in [1.807, 2.05) is 24.3 Å². The van der Waals surface area contributed by atoms with Gasteiger partial charge in [0.2, 0.25) is 0 Å². The van der Waals surface area contributed by atoms with Crippen LogP contribution in [0.1, 0.15) is 38.2 Å². The zero-order valence-corrected chi connectivity index (χ0v) is 11.5. The minimum Gasteiger partial charge on any atom is -0.494 e. The Kier molecular flexibility index (Phi) is 7.66. The van der Waals surface area contributed by atoms with Crippen LogP contribution in [-0.2, 0) is 11.3 Å². The fraction of sp³-hybridized carbons (Fsp3) is 0.533. The first-order valence-electron chi connectivity index (χ1n) is 6.86. The smallest absolute Gasteiger partial charge is 0.304 e. The fourth-order valence-electron chi connectivity index (χ4n) is 1.72. The molecule has 0 unspecified atom stereocenters. The van der Waals surface area contributed by atoms with E-state index in [4.69, 9.17) is 9.84 Å². The van der Waals surface area contributed by atoms with Crippen LogP contribution < -0.4 is 10.1 Å². The normalized spacial score (nSPS) is 10.4. The SMILES string of the molecule is CCCCCOc1cccc(CNCCC(=O)O)c1. The number of carboxylic acid groups (broad SMARTS) is 1. The van der Waals surface area contributed by atoms with E-state index in [-0.39, 0.29) is 6.42 Å². The number of hydrogen-bond donors (Lipinski definition) is 2. The second-order valence-electron chi connectivity index (χ2n) is 4.52. The van der Waals surface area contributed by atoms with Gasteiger partial charge >= 0.3 is 5.97 Å². The lowest BCUT2D eigenvalue weighted by molar-refractivity contribution is -0.136. The van der Waals surface area contributed by atoms with E-state index < -0.39 is 5.97 Å². The molecule has 0 aliphatic carbocycles. The molecule has 0 heterocycles. The Morgan fingerprint density at radius 3 is 2.95 bits per heavy atom. The molecule has 0 aromatic heterocycles. The molecule has 0 fully saturated rings. The third-order valence-corrected chi connectivity index (χ3v) is 2.76. The molecule has 0 saturated carbocycles. The standard InChI is InChI=1S/C15H23NO3/c1-2-3-4-10-19-14-7-5-6-13(11-14)12-16-9-8-15(17)18/h5-7,11,16H,2-4,8-10,12H2,1H3,(H,17,18). The summed E-state index contributed by atoms with van der Waals surface area (Å²) in [6.45, 7) is 4.07. The van der Waals surface area contributed by atoms with E-state index in [0.29, 0.717) is 13.1 Å². The molecule has 0 aliphatic rings. The number of unbranched alkanes of at least 4 members (excludes halogenated alkanes) is 2. The van der Waals surface area contributed by atoms with Gasteiger partial charge in [0.05, 0.1) is 13.0 Å². The number of benzene rings is 1. The van der Waals surface area contributed by atoms with Crippen molar-refractivity contribution in [3.05, 3.63) is 29.8 Å². The maximum atomic E-state index is 10.4. The molecule has 106 valence electrons. The van der Waals surface area contributed by atoms with E-state index in [9.17, 15) is 4.79 Å². The lowest BCUT2D eigenvalue weighted by Crippen LogP contribution is -2.17. The summed E-state index contributed by atoms with van der Waals surface area (Å²) in [4.78, 5) is 10.4. The topological polar surface area (TPSA) is 58.6 Å². The van der Waals surface area contributed by atoms with Gasteiger partial charge in [-0.25, -0.2) is 0 Å². The van der Waals surface area contributed by atoms with Crippen molar-refractivity contribution in [2.75, 3.05) is 13.2 Å². The predicted molar refractivity (Wildman–Crippen MR) is 75.4 cm³/mol. The van der Waals surface area contributed by atoms with Gasteiger partial charge in [-0.1, -0.05) is 31.9 Å². The average Bonchev–Trinajstić information content (AvgIpc) is 2.40. The lowest BCUT2D eigenvalue weighted by Gasteiger charge is -2.08. The molecule has 1 rings (SSSR count). The molecule has 1 aromatic carbocycles. The minimum atomic E-state index is -0.777. The van der Waals surface area contributed by atoms with Crippen molar-refractivity contribution >= 4 is 5.97 Å². The van der Waals surface area contributed by atoms with Crippen LogP contribution in [0, 0.1) is 0 Å². The Bertz CT molecular complexity index is 379. The number of nitrogens with one attached hydrogen (secondary N) is 1. The van der Waals surface area contributed by atoms with Crippen LogP contribution in [0.3, 0.4) is 0 Å². The van der Waals surface area contributed by atoms with Crippen LogP contribution in [0.25, 0.3) is 0 Å². The molecule has 0 bridgehead atoms. The van der Waals surface area contributed by atoms with E-state index in [2.05, 4.69) is 12.2 Å². The van der Waals surface area contributed by atoms with Gasteiger partial charge in [-0.2, -0.15) is 0 Å². The van der Waals surface area contributed by atoms with Gasteiger partial charge in [-0.15, -0.1) is 0 Å². The van der Waals surface area contributed by atoms with Crippen molar-refractivity contribution in [1.82, 2.24) is 5.32 Å². The largest absolute Gasteiger partial charge is 0.494 e. The quantitative estimate of drug-likeness (QED) is 0.639. The fourth-order valence-corrected chi connectivity index (χ4v) is 1.72. The highest BCUT2D eigenvalue weighted by Crippen LogP contribution is 2.13. The summed E-state index contributed by atoms with van der Waals surface area (Å²) in [5.74, 6) is 0.106. The van der Waals surface area contributed by atoms with Crippen molar-refractivity contribution in [2.45, 2.75) is 39.2 Å². The van der Waals surface area contributed by atoms with Crippen molar-refractivity contribution in [2.24, 2.45) is 0 Å². The second-order valence-corrected chi connectivity index (χ2v) is 4.52. The van der Waals surface area contributed by atoms with Gasteiger partial charge in [0.15, 0.2) is 0 Å². The van der Waals surface area contributed by atoms with Crippen molar-refractivity contribution in [3.63, 3.8) is 0 Å². The zero-order chi connectivity index (χ0) is 13.9. The molecular formula is C15H23NO3. The van der Waals surface area contributed by atoms with Crippen molar-refractivity contribution in [1.29, 1.82) is 0 Å². The van der Waals surface area contributed by atoms with Crippen LogP contribution in [0.15, 0.2) is 24.3 Å². The first-order valence-corrected chi connectivity index (χ1v) is 6.86. The van der Waals surface area contributed by atoms with Crippen LogP contribution >= 0.6 is 0 Å². The maximum absolute atomic E-state index is 10.4. The highest BCUT2D eigenvalue weighted by Gasteiger charge is 1.99. The number of carboxylic acids is 1. The third-order valence-electron chi connectivity index (χ3n) is 2.76. The Morgan fingerprint density at radius 1 is 1.37 bits per heavy atom. The molecule has 0 aliphatic heterocycles. The maximum Gasteiger partial charge on any atom is 0.304 e. The lowest BCUT2D eigenvalue weighted by atomic mass is 10.2. The van der Waals surface area contributed by atoms with Gasteiger partial charge in [-0.05, 0) is 24.1 Å². The molecule has 19 heavy (non-hydrogen) atoms. The predicted octanol–water partition coefficient (Wildman–Crippen LogP) is 2.82. The molecule has 1 aromatic rings. The van der Waals surface area contributed by atoms with Gasteiger partial charge in [0.25, 0.3) is 0 Å². The number of ether oxygens (including phenoxy) is 1. The summed E-state index contributed by atoms with van der Waals surface area (Å²) in [6.07, 6.45) is 3.61. The van der Waals surface area contributed by atoms with E-state index >= 15 is 0 Å². The molecule has 0 atom stereocenters. The number of hydrogen-bond acceptors (Lipinski definition) is 3. The molecule has 0 saturated heterocycles. The Balaban J connectivity index is 2.28. The van der Waals surface area contributed by atoms with Crippen molar-refractivity contribution in [3.8, 4) is 5.75 Å². The van der Waals surface area contributed by atoms with Crippen LogP contribution in [0.5, 0.6) is 5.75 Å². The van der Waals surface area contributed by atoms with Crippen LogP contribution in [0.2, 0.25) is 0 Å². The summed E-state index contributed by atoms with van der Waals surface area (Å²) in [5, 5.41) is 11.6. The molecule has 0 amide bonds. The molecule has 0 spiro atoms. The minimum absolute atomic E-state index is 0.146. The van der Waals surface area contributed by atoms with Crippen LogP contribution in [0.4, 0.5) is 0 Å². The van der Waals surface area contributed by atoms with Gasteiger partial charge in [-0.3, -0.25) is 4.79 Å². The summed E-state index contributed by atoms with van der Waals surface area (Å²) in [6, 6.07) is 7.92. The first-order chi connectivity index (χ1) is 9.22. The summed E-state index contributed by atoms with van der Waals surface area (Å²) in [7, 11) is 0. The third kappa shape index (κ3) is 7.47. The summed E-state index contributed by atoms with van der Waals surface area (Å²) in [5.41, 5.74) is 1.11. The van der Waals surface area contributed by atoms with Crippen LogP contribution in [-0.4, -0.2) is 24.2 Å². The van der Waals surface area contributed by atoms with E-state index in [1.165, 1.54) is 12.8 Å². The Labute approximate surface area is 114 Å². The first kappa shape index (κ1) is 15.5. The molecule has 4 heteroatoms. The molecule has 0 radical (unpaired) electrons. The Hall–Kier alpha value is -1.55. The van der Waals surface area contributed by atoms with Gasteiger partial charge < -0.3 is 15.2 Å².